The maximum Gasteiger partial charge on any atom is 0.332 e. The Kier molecular flexibility index (Phi) is 9.73. The number of hydrogen-bond donors (Lipinski definition) is 1. The second-order valence-electron chi connectivity index (χ2n) is 8.76. The van der Waals surface area contributed by atoms with Crippen LogP contribution in [0.25, 0.3) is 0 Å². The van der Waals surface area contributed by atoms with Crippen LogP contribution in [0.15, 0.2) is 12.3 Å². The minimum Gasteiger partial charge on any atom is -0.463 e. The number of ether oxygens (including phenoxy) is 4. The number of nitrogens with one attached hydrogen (secondary N) is 1. The number of amides is 1. The molecule has 2 heterocycles. The van der Waals surface area contributed by atoms with Crippen molar-refractivity contribution in [2.45, 2.75) is 72.6 Å². The number of nitrogens with zero attached hydrogens (tertiary/aromatic N) is 1. The standard InChI is InChI=1S/C24H32N2O9/c1-7-16-21(35-18(28)10-12(2)3)14(5)33-24(31)17(11-32-23(16)30)26-22(29)19-20(34-15(6)27)13(4)8-9-25-19/h8-9,12,14,16-17,21H,7,10-11H2,1-6H3,(H,26,29)/t14-,16+,17-,21-/m0/s1. The van der Waals surface area contributed by atoms with Crippen molar-refractivity contribution in [1.82, 2.24) is 10.3 Å². The third kappa shape index (κ3) is 7.49. The first-order valence-corrected chi connectivity index (χ1v) is 11.5. The van der Waals surface area contributed by atoms with Gasteiger partial charge in [0, 0.05) is 19.5 Å². The number of hydrogen-bond acceptors (Lipinski definition) is 10. The van der Waals surface area contributed by atoms with Crippen LogP contribution in [0.1, 0.15) is 63.5 Å². The number of carbonyl (C=O) groups excluding carboxylic acids is 5. The molecule has 1 aliphatic rings. The Bertz CT molecular complexity index is 976. The van der Waals surface area contributed by atoms with Gasteiger partial charge in [0.1, 0.15) is 12.7 Å². The highest BCUT2D eigenvalue weighted by molar-refractivity contribution is 5.98. The molecule has 1 N–H and O–H groups in total. The lowest BCUT2D eigenvalue weighted by Gasteiger charge is -2.28. The average Bonchev–Trinajstić information content (AvgIpc) is 2.79. The molecule has 1 aromatic heterocycles. The van der Waals surface area contributed by atoms with Crippen molar-refractivity contribution in [3.05, 3.63) is 23.5 Å². The number of pyridine rings is 1. The number of aromatic nitrogens is 1. The summed E-state index contributed by atoms with van der Waals surface area (Å²) in [5, 5.41) is 2.42. The summed E-state index contributed by atoms with van der Waals surface area (Å²) >= 11 is 0. The topological polar surface area (TPSA) is 147 Å². The summed E-state index contributed by atoms with van der Waals surface area (Å²) in [7, 11) is 0. The molecule has 0 aliphatic carbocycles. The highest BCUT2D eigenvalue weighted by atomic mass is 16.6. The fourth-order valence-electron chi connectivity index (χ4n) is 3.55. The van der Waals surface area contributed by atoms with Crippen molar-refractivity contribution in [2.75, 3.05) is 6.61 Å². The van der Waals surface area contributed by atoms with Crippen LogP contribution in [0.5, 0.6) is 5.75 Å². The fraction of sp³-hybridized carbons (Fsp3) is 0.583. The van der Waals surface area contributed by atoms with E-state index >= 15 is 0 Å². The third-order valence-electron chi connectivity index (χ3n) is 5.29. The molecule has 1 aliphatic heterocycles. The highest BCUT2D eigenvalue weighted by Crippen LogP contribution is 2.24. The first-order chi connectivity index (χ1) is 16.4. The zero-order valence-electron chi connectivity index (χ0n) is 20.8. The largest absolute Gasteiger partial charge is 0.463 e. The lowest BCUT2D eigenvalue weighted by molar-refractivity contribution is -0.175. The van der Waals surface area contributed by atoms with E-state index < -0.39 is 60.6 Å². The van der Waals surface area contributed by atoms with Crippen molar-refractivity contribution in [1.29, 1.82) is 0 Å². The number of cyclic esters (lactones) is 2. The minimum atomic E-state index is -1.37. The summed E-state index contributed by atoms with van der Waals surface area (Å²) in [5.41, 5.74) is 0.258. The van der Waals surface area contributed by atoms with Crippen molar-refractivity contribution < 1.29 is 42.9 Å². The Hall–Kier alpha value is -3.50. The number of aryl methyl sites for hydroxylation is 1. The monoisotopic (exact) mass is 492 g/mol. The van der Waals surface area contributed by atoms with Gasteiger partial charge in [0.2, 0.25) is 0 Å². The minimum absolute atomic E-state index is 0.0374. The van der Waals surface area contributed by atoms with Gasteiger partial charge in [0.25, 0.3) is 5.91 Å². The van der Waals surface area contributed by atoms with Crippen LogP contribution in [0.2, 0.25) is 0 Å². The Morgan fingerprint density at radius 1 is 1.23 bits per heavy atom. The molecule has 0 bridgehead atoms. The molecular weight excluding hydrogens is 460 g/mol. The molecule has 192 valence electrons. The Balaban J connectivity index is 2.26. The molecule has 0 saturated carbocycles. The van der Waals surface area contributed by atoms with E-state index in [0.29, 0.717) is 5.56 Å². The first kappa shape index (κ1) is 27.7. The molecule has 0 unspecified atom stereocenters. The molecule has 11 nitrogen and oxygen atoms in total. The van der Waals surface area contributed by atoms with Crippen molar-refractivity contribution in [3.63, 3.8) is 0 Å². The maximum absolute atomic E-state index is 12.9. The molecule has 11 heteroatoms. The van der Waals surface area contributed by atoms with Gasteiger partial charge in [-0.1, -0.05) is 20.8 Å². The number of esters is 4. The lowest BCUT2D eigenvalue weighted by Crippen LogP contribution is -2.46. The molecule has 0 radical (unpaired) electrons. The highest BCUT2D eigenvalue weighted by Gasteiger charge is 2.41. The summed E-state index contributed by atoms with van der Waals surface area (Å²) in [5.74, 6) is -4.46. The van der Waals surface area contributed by atoms with Gasteiger partial charge in [-0.2, -0.15) is 0 Å². The van der Waals surface area contributed by atoms with Gasteiger partial charge in [0.15, 0.2) is 23.6 Å². The second-order valence-corrected chi connectivity index (χ2v) is 8.76. The predicted octanol–water partition coefficient (Wildman–Crippen LogP) is 1.89. The van der Waals surface area contributed by atoms with E-state index in [1.54, 1.807) is 19.9 Å². The van der Waals surface area contributed by atoms with E-state index in [-0.39, 0.29) is 30.2 Å². The van der Waals surface area contributed by atoms with Gasteiger partial charge in [-0.05, 0) is 37.8 Å². The Morgan fingerprint density at radius 3 is 2.51 bits per heavy atom. The summed E-state index contributed by atoms with van der Waals surface area (Å²) in [6, 6.07) is 0.183. The quantitative estimate of drug-likeness (QED) is 0.442. The summed E-state index contributed by atoms with van der Waals surface area (Å²) < 4.78 is 21.4. The Labute approximate surface area is 203 Å². The predicted molar refractivity (Wildman–Crippen MR) is 121 cm³/mol. The van der Waals surface area contributed by atoms with E-state index in [2.05, 4.69) is 10.3 Å². The third-order valence-corrected chi connectivity index (χ3v) is 5.29. The van der Waals surface area contributed by atoms with E-state index in [0.717, 1.165) is 0 Å². The van der Waals surface area contributed by atoms with Crippen LogP contribution in [-0.4, -0.2) is 59.6 Å². The van der Waals surface area contributed by atoms with Gasteiger partial charge in [0.05, 0.1) is 5.92 Å². The zero-order valence-corrected chi connectivity index (χ0v) is 20.8. The van der Waals surface area contributed by atoms with Gasteiger partial charge < -0.3 is 24.3 Å². The van der Waals surface area contributed by atoms with Gasteiger partial charge in [-0.15, -0.1) is 0 Å². The molecule has 0 spiro atoms. The molecule has 1 aromatic rings. The molecule has 1 fully saturated rings. The SMILES string of the molecule is CC[C@H]1C(=O)OC[C@H](NC(=O)c2nccc(C)c2OC(C)=O)C(=O)O[C@@H](C)[C@@H]1OC(=O)CC(C)C. The van der Waals surface area contributed by atoms with Crippen LogP contribution < -0.4 is 10.1 Å². The normalized spacial score (nSPS) is 22.7. The first-order valence-electron chi connectivity index (χ1n) is 11.5. The van der Waals surface area contributed by atoms with Crippen LogP contribution in [0.3, 0.4) is 0 Å². The molecule has 2 rings (SSSR count). The van der Waals surface area contributed by atoms with Crippen LogP contribution in [0, 0.1) is 18.8 Å². The van der Waals surface area contributed by atoms with Gasteiger partial charge in [-0.3, -0.25) is 19.2 Å². The second kappa shape index (κ2) is 12.3. The zero-order chi connectivity index (χ0) is 26.3. The fourth-order valence-corrected chi connectivity index (χ4v) is 3.55. The molecule has 35 heavy (non-hydrogen) atoms. The van der Waals surface area contributed by atoms with Crippen LogP contribution in [0.4, 0.5) is 0 Å². The van der Waals surface area contributed by atoms with Gasteiger partial charge in [-0.25, -0.2) is 9.78 Å². The average molecular weight is 493 g/mol. The van der Waals surface area contributed by atoms with E-state index in [9.17, 15) is 24.0 Å². The molecular formula is C24H32N2O9. The summed E-state index contributed by atoms with van der Waals surface area (Å²) in [6.45, 7) is 9.23. The smallest absolute Gasteiger partial charge is 0.332 e. The summed E-state index contributed by atoms with van der Waals surface area (Å²) in [6.07, 6.45) is -0.275. The maximum atomic E-state index is 12.9. The van der Waals surface area contributed by atoms with Crippen LogP contribution in [-0.2, 0) is 33.4 Å². The van der Waals surface area contributed by atoms with Crippen molar-refractivity contribution in [3.8, 4) is 5.75 Å². The number of carbonyl (C=O) groups is 5. The van der Waals surface area contributed by atoms with Gasteiger partial charge >= 0.3 is 23.9 Å². The van der Waals surface area contributed by atoms with Crippen molar-refractivity contribution in [2.24, 2.45) is 11.8 Å². The summed E-state index contributed by atoms with van der Waals surface area (Å²) in [4.78, 5) is 66.3. The lowest BCUT2D eigenvalue weighted by atomic mass is 9.95. The van der Waals surface area contributed by atoms with Crippen LogP contribution >= 0.6 is 0 Å². The molecule has 1 amide bonds. The molecule has 0 aromatic carbocycles. The number of rotatable bonds is 7. The van der Waals surface area contributed by atoms with E-state index in [1.165, 1.54) is 20.0 Å². The van der Waals surface area contributed by atoms with E-state index in [1.807, 2.05) is 13.8 Å². The van der Waals surface area contributed by atoms with E-state index in [4.69, 9.17) is 18.9 Å². The Morgan fingerprint density at radius 2 is 1.91 bits per heavy atom. The molecule has 1 saturated heterocycles. The molecule has 4 atom stereocenters. The van der Waals surface area contributed by atoms with Crippen molar-refractivity contribution >= 4 is 29.8 Å².